The van der Waals surface area contributed by atoms with Gasteiger partial charge in [0.1, 0.15) is 5.76 Å². The molecule has 0 aliphatic rings. The average molecular weight is 307 g/mol. The number of carbonyl (C=O) groups excluding carboxylic acids is 1. The van der Waals surface area contributed by atoms with Crippen LogP contribution >= 0.6 is 11.3 Å². The Morgan fingerprint density at radius 1 is 1.57 bits per heavy atom. The molecule has 21 heavy (non-hydrogen) atoms. The first kappa shape index (κ1) is 15.6. The third kappa shape index (κ3) is 3.64. The van der Waals surface area contributed by atoms with Crippen LogP contribution in [-0.2, 0) is 13.0 Å². The summed E-state index contributed by atoms with van der Waals surface area (Å²) in [5.41, 5.74) is 1.01. The molecule has 1 atom stereocenters. The summed E-state index contributed by atoms with van der Waals surface area (Å²) in [6.45, 7) is 6.50. The molecule has 2 amide bonds. The van der Waals surface area contributed by atoms with E-state index in [2.05, 4.69) is 17.2 Å². The molecule has 0 aliphatic carbocycles. The Labute approximate surface area is 129 Å². The van der Waals surface area contributed by atoms with Gasteiger partial charge < -0.3 is 14.6 Å². The lowest BCUT2D eigenvalue weighted by Crippen LogP contribution is -2.38. The lowest BCUT2D eigenvalue weighted by molar-refractivity contribution is 0.193. The molecule has 114 valence electrons. The van der Waals surface area contributed by atoms with E-state index in [1.54, 1.807) is 35.6 Å². The third-order valence-corrected chi connectivity index (χ3v) is 4.93. The maximum atomic E-state index is 12.2. The largest absolute Gasteiger partial charge is 0.467 e. The highest BCUT2D eigenvalue weighted by atomic mass is 32.1. The quantitative estimate of drug-likeness (QED) is 0.919. The van der Waals surface area contributed by atoms with E-state index < -0.39 is 0 Å². The van der Waals surface area contributed by atoms with Crippen molar-refractivity contribution in [2.75, 3.05) is 7.05 Å². The van der Waals surface area contributed by atoms with Crippen molar-refractivity contribution in [2.24, 2.45) is 0 Å². The molecule has 0 spiro atoms. The Balaban J connectivity index is 1.98. The number of nitrogens with one attached hydrogen (secondary N) is 1. The fourth-order valence-corrected chi connectivity index (χ4v) is 3.16. The molecule has 0 saturated carbocycles. The van der Waals surface area contributed by atoms with Crippen LogP contribution < -0.4 is 5.32 Å². The van der Waals surface area contributed by atoms with Crippen molar-refractivity contribution in [3.63, 3.8) is 0 Å². The number of amides is 2. The van der Waals surface area contributed by atoms with E-state index in [0.717, 1.165) is 27.8 Å². The van der Waals surface area contributed by atoms with E-state index in [4.69, 9.17) is 4.42 Å². The highest BCUT2D eigenvalue weighted by Crippen LogP contribution is 2.28. The molecule has 0 fully saturated rings. The second kappa shape index (κ2) is 6.76. The Bertz CT molecular complexity index is 592. The Morgan fingerprint density at radius 2 is 2.33 bits per heavy atom. The van der Waals surface area contributed by atoms with Crippen molar-refractivity contribution < 1.29 is 9.21 Å². The van der Waals surface area contributed by atoms with Crippen LogP contribution in [0.2, 0.25) is 0 Å². The summed E-state index contributed by atoms with van der Waals surface area (Å²) in [4.78, 5) is 19.6. The van der Waals surface area contributed by atoms with Gasteiger partial charge in [0.2, 0.25) is 0 Å². The summed E-state index contributed by atoms with van der Waals surface area (Å²) < 4.78 is 5.20. The number of furan rings is 1. The minimum absolute atomic E-state index is 0.000555. The molecule has 0 bridgehead atoms. The summed E-state index contributed by atoms with van der Waals surface area (Å²) in [6, 6.07) is 3.52. The molecule has 2 heterocycles. The summed E-state index contributed by atoms with van der Waals surface area (Å²) in [5.74, 6) is 0.742. The van der Waals surface area contributed by atoms with E-state index in [1.165, 1.54) is 0 Å². The van der Waals surface area contributed by atoms with Crippen LogP contribution in [0, 0.1) is 6.92 Å². The average Bonchev–Trinajstić information content (AvgIpc) is 3.12. The van der Waals surface area contributed by atoms with E-state index in [-0.39, 0.29) is 12.1 Å². The van der Waals surface area contributed by atoms with Gasteiger partial charge in [-0.05, 0) is 32.4 Å². The van der Waals surface area contributed by atoms with E-state index in [9.17, 15) is 4.79 Å². The Morgan fingerprint density at radius 3 is 2.90 bits per heavy atom. The van der Waals surface area contributed by atoms with Crippen molar-refractivity contribution in [3.05, 3.63) is 39.7 Å². The predicted molar refractivity (Wildman–Crippen MR) is 83.4 cm³/mol. The van der Waals surface area contributed by atoms with E-state index in [1.807, 2.05) is 19.9 Å². The van der Waals surface area contributed by atoms with Gasteiger partial charge >= 0.3 is 6.03 Å². The Hall–Kier alpha value is -1.82. The van der Waals surface area contributed by atoms with Crippen molar-refractivity contribution in [2.45, 2.75) is 39.8 Å². The smallest absolute Gasteiger partial charge is 0.318 e. The minimum atomic E-state index is -0.121. The van der Waals surface area contributed by atoms with Gasteiger partial charge in [0.25, 0.3) is 0 Å². The Kier molecular flexibility index (Phi) is 5.01. The molecule has 2 rings (SSSR count). The van der Waals surface area contributed by atoms with Gasteiger partial charge in [0.15, 0.2) is 0 Å². The monoisotopic (exact) mass is 307 g/mol. The van der Waals surface area contributed by atoms with Crippen LogP contribution in [0.4, 0.5) is 4.79 Å². The molecule has 2 aromatic heterocycles. The van der Waals surface area contributed by atoms with Crippen molar-refractivity contribution in [1.82, 2.24) is 15.2 Å². The van der Waals surface area contributed by atoms with Crippen molar-refractivity contribution in [3.8, 4) is 0 Å². The summed E-state index contributed by atoms with van der Waals surface area (Å²) in [7, 11) is 1.80. The van der Waals surface area contributed by atoms with E-state index >= 15 is 0 Å². The first-order chi connectivity index (χ1) is 10.0. The van der Waals surface area contributed by atoms with Gasteiger partial charge in [-0.3, -0.25) is 0 Å². The molecule has 5 nitrogen and oxygen atoms in total. The van der Waals surface area contributed by atoms with Crippen LogP contribution in [0.5, 0.6) is 0 Å². The number of rotatable bonds is 5. The van der Waals surface area contributed by atoms with Crippen LogP contribution in [0.15, 0.2) is 22.8 Å². The molecule has 1 N–H and O–H groups in total. The number of aryl methyl sites for hydroxylation is 2. The molecular formula is C15H21N3O2S. The minimum Gasteiger partial charge on any atom is -0.467 e. The number of hydrogen-bond acceptors (Lipinski definition) is 4. The second-order valence-corrected chi connectivity index (χ2v) is 6.05. The van der Waals surface area contributed by atoms with Gasteiger partial charge in [-0.1, -0.05) is 6.92 Å². The molecule has 6 heteroatoms. The zero-order valence-electron chi connectivity index (χ0n) is 12.8. The van der Waals surface area contributed by atoms with Crippen molar-refractivity contribution in [1.29, 1.82) is 0 Å². The molecule has 0 saturated heterocycles. The molecular weight excluding hydrogens is 286 g/mol. The summed E-state index contributed by atoms with van der Waals surface area (Å²) in [5, 5.41) is 3.96. The SMILES string of the molecule is CCc1nc(C)c(C(C)N(C)C(=O)NCc2ccco2)s1. The summed E-state index contributed by atoms with van der Waals surface area (Å²) >= 11 is 1.68. The number of carbonyl (C=O) groups is 1. The maximum Gasteiger partial charge on any atom is 0.318 e. The standard InChI is InChI=1S/C15H21N3O2S/c1-5-13-17-10(2)14(21-13)11(3)18(4)15(19)16-9-12-7-6-8-20-12/h6-8,11H,5,9H2,1-4H3,(H,16,19). The molecule has 0 aromatic carbocycles. The lowest BCUT2D eigenvalue weighted by atomic mass is 10.2. The zero-order valence-corrected chi connectivity index (χ0v) is 13.7. The first-order valence-corrected chi connectivity index (χ1v) is 7.83. The zero-order chi connectivity index (χ0) is 15.4. The predicted octanol–water partition coefficient (Wildman–Crippen LogP) is 3.51. The second-order valence-electron chi connectivity index (χ2n) is 4.94. The van der Waals surface area contributed by atoms with Gasteiger partial charge in [-0.25, -0.2) is 9.78 Å². The number of thiazole rings is 1. The fraction of sp³-hybridized carbons (Fsp3) is 0.467. The van der Waals surface area contributed by atoms with Crippen LogP contribution in [0.3, 0.4) is 0 Å². The number of hydrogen-bond donors (Lipinski definition) is 1. The summed E-state index contributed by atoms with van der Waals surface area (Å²) in [6.07, 6.45) is 2.52. The first-order valence-electron chi connectivity index (χ1n) is 7.02. The number of aromatic nitrogens is 1. The van der Waals surface area contributed by atoms with Gasteiger partial charge in [-0.2, -0.15) is 0 Å². The van der Waals surface area contributed by atoms with Crippen molar-refractivity contribution >= 4 is 17.4 Å². The highest BCUT2D eigenvalue weighted by Gasteiger charge is 2.21. The fourth-order valence-electron chi connectivity index (χ4n) is 2.06. The molecule has 1 unspecified atom stereocenters. The van der Waals surface area contributed by atoms with E-state index in [0.29, 0.717) is 6.54 Å². The van der Waals surface area contributed by atoms with Crippen LogP contribution in [0.1, 0.15) is 41.2 Å². The molecule has 0 radical (unpaired) electrons. The lowest BCUT2D eigenvalue weighted by Gasteiger charge is -2.24. The van der Waals surface area contributed by atoms with Gasteiger partial charge in [0, 0.05) is 11.9 Å². The molecule has 0 aliphatic heterocycles. The van der Waals surface area contributed by atoms with Gasteiger partial charge in [-0.15, -0.1) is 11.3 Å². The van der Waals surface area contributed by atoms with Crippen LogP contribution in [-0.4, -0.2) is 23.0 Å². The third-order valence-electron chi connectivity index (χ3n) is 3.45. The van der Waals surface area contributed by atoms with Gasteiger partial charge in [0.05, 0.1) is 29.6 Å². The number of urea groups is 1. The normalized spacial score (nSPS) is 12.2. The molecule has 2 aromatic rings. The maximum absolute atomic E-state index is 12.2. The van der Waals surface area contributed by atoms with Crippen LogP contribution in [0.25, 0.3) is 0 Å². The highest BCUT2D eigenvalue weighted by molar-refractivity contribution is 7.11. The topological polar surface area (TPSA) is 58.4 Å². The number of nitrogens with zero attached hydrogens (tertiary/aromatic N) is 2.